The van der Waals surface area contributed by atoms with Gasteiger partial charge < -0.3 is 5.32 Å². The van der Waals surface area contributed by atoms with Crippen LogP contribution in [0.2, 0.25) is 0 Å². The molecule has 0 atom stereocenters. The van der Waals surface area contributed by atoms with E-state index >= 15 is 0 Å². The standard InChI is InChI=1S/C26H28N2O3S/c1-20-15-16-23(19-24(20)32(30,31)28-17-9-4-10-18-28)26(29)27-25(21-11-5-2-6-12-21)22-13-7-3-8-14-22/h2-3,5-8,11-16,19,25H,4,9-10,17-18H2,1H3,(H,27,29). The molecule has 3 aromatic rings. The van der Waals surface area contributed by atoms with Crippen LogP contribution < -0.4 is 5.32 Å². The molecule has 32 heavy (non-hydrogen) atoms. The fourth-order valence-electron chi connectivity index (χ4n) is 4.13. The van der Waals surface area contributed by atoms with Gasteiger partial charge in [-0.15, -0.1) is 0 Å². The van der Waals surface area contributed by atoms with Gasteiger partial charge in [0.05, 0.1) is 10.9 Å². The average Bonchev–Trinajstić information content (AvgIpc) is 2.84. The van der Waals surface area contributed by atoms with E-state index in [0.29, 0.717) is 24.2 Å². The van der Waals surface area contributed by atoms with Crippen molar-refractivity contribution in [1.29, 1.82) is 0 Å². The molecular formula is C26H28N2O3S. The zero-order valence-electron chi connectivity index (χ0n) is 18.2. The highest BCUT2D eigenvalue weighted by atomic mass is 32.2. The van der Waals surface area contributed by atoms with Crippen molar-refractivity contribution in [2.45, 2.75) is 37.1 Å². The van der Waals surface area contributed by atoms with Gasteiger partial charge in [-0.3, -0.25) is 4.79 Å². The molecule has 1 saturated heterocycles. The first kappa shape index (κ1) is 22.2. The van der Waals surface area contributed by atoms with Gasteiger partial charge in [0.2, 0.25) is 10.0 Å². The van der Waals surface area contributed by atoms with Crippen molar-refractivity contribution in [1.82, 2.24) is 9.62 Å². The molecule has 1 N–H and O–H groups in total. The SMILES string of the molecule is Cc1ccc(C(=O)NC(c2ccccc2)c2ccccc2)cc1S(=O)(=O)N1CCCCC1. The van der Waals surface area contributed by atoms with Crippen molar-refractivity contribution >= 4 is 15.9 Å². The van der Waals surface area contributed by atoms with Gasteiger partial charge in [0.25, 0.3) is 5.91 Å². The summed E-state index contributed by atoms with van der Waals surface area (Å²) in [5.41, 5.74) is 2.90. The van der Waals surface area contributed by atoms with Gasteiger partial charge in [0, 0.05) is 18.7 Å². The van der Waals surface area contributed by atoms with Crippen LogP contribution in [-0.2, 0) is 10.0 Å². The Labute approximate surface area is 190 Å². The van der Waals surface area contributed by atoms with Crippen molar-refractivity contribution < 1.29 is 13.2 Å². The van der Waals surface area contributed by atoms with Gasteiger partial charge in [-0.25, -0.2) is 8.42 Å². The van der Waals surface area contributed by atoms with Gasteiger partial charge >= 0.3 is 0 Å². The second-order valence-corrected chi connectivity index (χ2v) is 10.1. The number of hydrogen-bond donors (Lipinski definition) is 1. The fraction of sp³-hybridized carbons (Fsp3) is 0.269. The number of nitrogens with one attached hydrogen (secondary N) is 1. The molecule has 1 amide bonds. The maximum Gasteiger partial charge on any atom is 0.252 e. The minimum absolute atomic E-state index is 0.211. The van der Waals surface area contributed by atoms with Crippen molar-refractivity contribution in [3.05, 3.63) is 101 Å². The van der Waals surface area contributed by atoms with Gasteiger partial charge in [0.1, 0.15) is 0 Å². The molecule has 5 nitrogen and oxygen atoms in total. The lowest BCUT2D eigenvalue weighted by molar-refractivity contribution is 0.0942. The van der Waals surface area contributed by atoms with Crippen LogP contribution in [0.5, 0.6) is 0 Å². The van der Waals surface area contributed by atoms with Crippen LogP contribution >= 0.6 is 0 Å². The van der Waals surface area contributed by atoms with Crippen molar-refractivity contribution in [2.24, 2.45) is 0 Å². The molecule has 3 aromatic carbocycles. The van der Waals surface area contributed by atoms with E-state index in [-0.39, 0.29) is 16.8 Å². The summed E-state index contributed by atoms with van der Waals surface area (Å²) >= 11 is 0. The molecule has 0 bridgehead atoms. The fourth-order valence-corrected chi connectivity index (χ4v) is 5.90. The zero-order valence-corrected chi connectivity index (χ0v) is 19.0. The highest BCUT2D eigenvalue weighted by Crippen LogP contribution is 2.26. The van der Waals surface area contributed by atoms with E-state index in [9.17, 15) is 13.2 Å². The smallest absolute Gasteiger partial charge is 0.252 e. The predicted octanol–water partition coefficient (Wildman–Crippen LogP) is 4.69. The Morgan fingerprint density at radius 1 is 0.844 bits per heavy atom. The Bertz CT molecular complexity index is 1130. The van der Waals surface area contributed by atoms with Crippen molar-refractivity contribution in [3.8, 4) is 0 Å². The third kappa shape index (κ3) is 4.76. The molecule has 4 rings (SSSR count). The van der Waals surface area contributed by atoms with Crippen molar-refractivity contribution in [2.75, 3.05) is 13.1 Å². The summed E-state index contributed by atoms with van der Waals surface area (Å²) in [7, 11) is -3.63. The van der Waals surface area contributed by atoms with E-state index in [0.717, 1.165) is 30.4 Å². The highest BCUT2D eigenvalue weighted by molar-refractivity contribution is 7.89. The normalized spacial score (nSPS) is 14.9. The first-order chi connectivity index (χ1) is 15.5. The maximum absolute atomic E-state index is 13.2. The Morgan fingerprint density at radius 3 is 1.97 bits per heavy atom. The quantitative estimate of drug-likeness (QED) is 0.595. The molecule has 0 spiro atoms. The number of benzene rings is 3. The monoisotopic (exact) mass is 448 g/mol. The molecule has 0 unspecified atom stereocenters. The summed E-state index contributed by atoms with van der Waals surface area (Å²) in [5, 5.41) is 3.10. The van der Waals surface area contributed by atoms with E-state index in [1.807, 2.05) is 60.7 Å². The van der Waals surface area contributed by atoms with Crippen LogP contribution in [0.1, 0.15) is 52.4 Å². The number of sulfonamides is 1. The first-order valence-corrected chi connectivity index (χ1v) is 12.4. The van der Waals surface area contributed by atoms with Gasteiger partial charge in [-0.05, 0) is 48.6 Å². The maximum atomic E-state index is 13.2. The third-order valence-corrected chi connectivity index (χ3v) is 7.97. The summed E-state index contributed by atoms with van der Waals surface area (Å²) in [4.78, 5) is 13.5. The number of amides is 1. The van der Waals surface area contributed by atoms with Crippen LogP contribution in [0.4, 0.5) is 0 Å². The average molecular weight is 449 g/mol. The number of nitrogens with zero attached hydrogens (tertiary/aromatic N) is 1. The lowest BCUT2D eigenvalue weighted by atomic mass is 9.98. The van der Waals surface area contributed by atoms with Crippen LogP contribution in [0.15, 0.2) is 83.8 Å². The number of carbonyl (C=O) groups is 1. The van der Waals surface area contributed by atoms with E-state index < -0.39 is 10.0 Å². The second-order valence-electron chi connectivity index (χ2n) is 8.17. The summed E-state index contributed by atoms with van der Waals surface area (Å²) in [6.45, 7) is 2.83. The van der Waals surface area contributed by atoms with E-state index in [1.54, 1.807) is 19.1 Å². The van der Waals surface area contributed by atoms with Gasteiger partial charge in [0.15, 0.2) is 0 Å². The molecule has 0 aromatic heterocycles. The van der Waals surface area contributed by atoms with Crippen LogP contribution in [0.3, 0.4) is 0 Å². The molecule has 166 valence electrons. The molecule has 6 heteroatoms. The number of rotatable bonds is 6. The zero-order chi connectivity index (χ0) is 22.6. The Morgan fingerprint density at radius 2 is 1.41 bits per heavy atom. The molecule has 1 heterocycles. The summed E-state index contributed by atoms with van der Waals surface area (Å²) in [6.07, 6.45) is 2.79. The van der Waals surface area contributed by atoms with E-state index in [4.69, 9.17) is 0 Å². The lowest BCUT2D eigenvalue weighted by Gasteiger charge is -2.27. The molecule has 0 radical (unpaired) electrons. The number of hydrogen-bond acceptors (Lipinski definition) is 3. The number of carbonyl (C=O) groups excluding carboxylic acids is 1. The van der Waals surface area contributed by atoms with Gasteiger partial charge in [-0.1, -0.05) is 73.2 Å². The molecule has 1 aliphatic heterocycles. The molecule has 1 fully saturated rings. The topological polar surface area (TPSA) is 66.5 Å². The highest BCUT2D eigenvalue weighted by Gasteiger charge is 2.28. The van der Waals surface area contributed by atoms with Crippen LogP contribution in [0, 0.1) is 6.92 Å². The minimum Gasteiger partial charge on any atom is -0.341 e. The Hall–Kier alpha value is -2.96. The van der Waals surface area contributed by atoms with Crippen LogP contribution in [-0.4, -0.2) is 31.7 Å². The molecule has 0 aliphatic carbocycles. The lowest BCUT2D eigenvalue weighted by Crippen LogP contribution is -2.36. The molecular weight excluding hydrogens is 420 g/mol. The number of aryl methyl sites for hydroxylation is 1. The largest absolute Gasteiger partial charge is 0.341 e. The Balaban J connectivity index is 1.65. The Kier molecular flexibility index (Phi) is 6.72. The minimum atomic E-state index is -3.63. The predicted molar refractivity (Wildman–Crippen MR) is 126 cm³/mol. The van der Waals surface area contributed by atoms with E-state index in [1.165, 1.54) is 10.4 Å². The summed E-state index contributed by atoms with van der Waals surface area (Å²) in [5.74, 6) is -0.308. The third-order valence-electron chi connectivity index (χ3n) is 5.92. The number of piperidine rings is 1. The van der Waals surface area contributed by atoms with Crippen LogP contribution in [0.25, 0.3) is 0 Å². The molecule has 1 aliphatic rings. The second kappa shape index (κ2) is 9.67. The molecule has 0 saturated carbocycles. The summed E-state index contributed by atoms with van der Waals surface area (Å²) in [6, 6.07) is 24.1. The summed E-state index contributed by atoms with van der Waals surface area (Å²) < 4.78 is 28.0. The van der Waals surface area contributed by atoms with E-state index in [2.05, 4.69) is 5.32 Å². The first-order valence-electron chi connectivity index (χ1n) is 11.0. The van der Waals surface area contributed by atoms with Gasteiger partial charge in [-0.2, -0.15) is 4.31 Å². The van der Waals surface area contributed by atoms with Crippen molar-refractivity contribution in [3.63, 3.8) is 0 Å².